The molecule has 0 aliphatic carbocycles. The van der Waals surface area contributed by atoms with E-state index in [-0.39, 0.29) is 0 Å². The molecule has 0 aliphatic rings. The molecule has 1 aromatic carbocycles. The molecule has 0 bridgehead atoms. The van der Waals surface area contributed by atoms with Gasteiger partial charge < -0.3 is 5.11 Å². The second-order valence-corrected chi connectivity index (χ2v) is 2.89. The molecule has 0 aliphatic heterocycles. The van der Waals surface area contributed by atoms with Crippen molar-refractivity contribution in [3.63, 3.8) is 0 Å². The van der Waals surface area contributed by atoms with Crippen LogP contribution in [0.3, 0.4) is 0 Å². The number of benzene rings is 1. The molecule has 1 N–H and O–H groups in total. The summed E-state index contributed by atoms with van der Waals surface area (Å²) in [5, 5.41) is 9.26. The van der Waals surface area contributed by atoms with E-state index in [0.717, 1.165) is 16.7 Å². The van der Waals surface area contributed by atoms with Crippen LogP contribution < -0.4 is 0 Å². The van der Waals surface area contributed by atoms with Crippen molar-refractivity contribution >= 4 is 0 Å². The van der Waals surface area contributed by atoms with Crippen LogP contribution in [0.4, 0.5) is 0 Å². The molecule has 1 aromatic rings. The number of rotatable bonds is 1. The quantitative estimate of drug-likeness (QED) is 0.623. The molecule has 0 amide bonds. The summed E-state index contributed by atoms with van der Waals surface area (Å²) in [6.45, 7) is 3.69. The number of hydrogen-bond donors (Lipinski definition) is 1. The van der Waals surface area contributed by atoms with Crippen molar-refractivity contribution in [3.8, 4) is 12.3 Å². The summed E-state index contributed by atoms with van der Waals surface area (Å²) in [6, 6.07) is 5.63. The number of hydrogen-bond acceptors (Lipinski definition) is 1. The van der Waals surface area contributed by atoms with E-state index in [9.17, 15) is 5.11 Å². The van der Waals surface area contributed by atoms with Gasteiger partial charge in [-0.1, -0.05) is 18.1 Å². The third kappa shape index (κ3) is 1.66. The smallest absolute Gasteiger partial charge is 0.0762 e. The van der Waals surface area contributed by atoms with Gasteiger partial charge in [-0.2, -0.15) is 0 Å². The lowest BCUT2D eigenvalue weighted by Crippen LogP contribution is -1.92. The highest BCUT2D eigenvalue weighted by Gasteiger charge is 2.01. The zero-order valence-electron chi connectivity index (χ0n) is 7.33. The first kappa shape index (κ1) is 8.83. The molecule has 1 nitrogen and oxygen atoms in total. The van der Waals surface area contributed by atoms with Crippen LogP contribution in [0.5, 0.6) is 0 Å². The first-order valence-corrected chi connectivity index (χ1v) is 3.90. The molecule has 62 valence electrons. The van der Waals surface area contributed by atoms with Crippen LogP contribution in [0.1, 0.15) is 29.7 Å². The van der Waals surface area contributed by atoms with Gasteiger partial charge in [0.2, 0.25) is 0 Å². The highest BCUT2D eigenvalue weighted by Crippen LogP contribution is 2.15. The highest BCUT2D eigenvalue weighted by molar-refractivity contribution is 5.41. The Labute approximate surface area is 73.0 Å². The maximum absolute atomic E-state index is 9.26. The third-order valence-corrected chi connectivity index (χ3v) is 1.89. The minimum Gasteiger partial charge on any atom is -0.389 e. The lowest BCUT2D eigenvalue weighted by Gasteiger charge is -2.06. The second-order valence-electron chi connectivity index (χ2n) is 2.89. The Morgan fingerprint density at radius 2 is 2.17 bits per heavy atom. The van der Waals surface area contributed by atoms with Gasteiger partial charge in [0.1, 0.15) is 0 Å². The Morgan fingerprint density at radius 1 is 1.50 bits per heavy atom. The molecule has 0 spiro atoms. The molecule has 0 radical (unpaired) electrons. The Kier molecular flexibility index (Phi) is 2.52. The lowest BCUT2D eigenvalue weighted by atomic mass is 10.0. The molecule has 1 rings (SSSR count). The monoisotopic (exact) mass is 160 g/mol. The number of aliphatic hydroxyl groups excluding tert-OH is 1. The van der Waals surface area contributed by atoms with Crippen molar-refractivity contribution in [3.05, 3.63) is 34.9 Å². The van der Waals surface area contributed by atoms with Gasteiger partial charge in [0.15, 0.2) is 0 Å². The fraction of sp³-hybridized carbons (Fsp3) is 0.273. The molecule has 0 saturated heterocycles. The van der Waals surface area contributed by atoms with E-state index in [0.29, 0.717) is 0 Å². The lowest BCUT2D eigenvalue weighted by molar-refractivity contribution is 0.199. The van der Waals surface area contributed by atoms with Crippen molar-refractivity contribution in [1.82, 2.24) is 0 Å². The standard InChI is InChI=1S/C11H12O/c1-4-10-5-6-11(9(3)12)7-8(10)2/h1,5-7,9,12H,2-3H3/t9-/m0/s1. The predicted molar refractivity (Wildman–Crippen MR) is 49.7 cm³/mol. The van der Waals surface area contributed by atoms with Crippen LogP contribution in [-0.4, -0.2) is 5.11 Å². The maximum atomic E-state index is 9.26. The maximum Gasteiger partial charge on any atom is 0.0762 e. The molecule has 0 fully saturated rings. The number of aliphatic hydroxyl groups is 1. The first-order valence-electron chi connectivity index (χ1n) is 3.90. The summed E-state index contributed by atoms with van der Waals surface area (Å²) in [4.78, 5) is 0. The normalized spacial score (nSPS) is 12.2. The van der Waals surface area contributed by atoms with E-state index in [1.54, 1.807) is 6.92 Å². The first-order chi connectivity index (χ1) is 5.65. The third-order valence-electron chi connectivity index (χ3n) is 1.89. The molecule has 0 aromatic heterocycles. The van der Waals surface area contributed by atoms with Gasteiger partial charge in [0.05, 0.1) is 6.10 Å². The summed E-state index contributed by atoms with van der Waals surface area (Å²) in [5.74, 6) is 2.58. The zero-order chi connectivity index (χ0) is 9.14. The molecule has 1 heteroatoms. The number of aryl methyl sites for hydroxylation is 1. The van der Waals surface area contributed by atoms with Gasteiger partial charge in [-0.15, -0.1) is 6.42 Å². The molecular formula is C11H12O. The van der Waals surface area contributed by atoms with Crippen molar-refractivity contribution in [1.29, 1.82) is 0 Å². The topological polar surface area (TPSA) is 20.2 Å². The van der Waals surface area contributed by atoms with Gasteiger partial charge in [-0.3, -0.25) is 0 Å². The second kappa shape index (κ2) is 3.42. The van der Waals surface area contributed by atoms with Crippen molar-refractivity contribution in [2.24, 2.45) is 0 Å². The van der Waals surface area contributed by atoms with E-state index in [4.69, 9.17) is 6.42 Å². The highest BCUT2D eigenvalue weighted by atomic mass is 16.3. The van der Waals surface area contributed by atoms with Crippen molar-refractivity contribution in [2.45, 2.75) is 20.0 Å². The van der Waals surface area contributed by atoms with Gasteiger partial charge in [-0.05, 0) is 31.0 Å². The van der Waals surface area contributed by atoms with Gasteiger partial charge >= 0.3 is 0 Å². The summed E-state index contributed by atoms with van der Waals surface area (Å²) < 4.78 is 0. The molecule has 0 heterocycles. The minimum absolute atomic E-state index is 0.421. The van der Waals surface area contributed by atoms with E-state index in [1.165, 1.54) is 0 Å². The van der Waals surface area contributed by atoms with E-state index < -0.39 is 6.10 Å². The van der Waals surface area contributed by atoms with Crippen LogP contribution in [0.25, 0.3) is 0 Å². The average Bonchev–Trinajstić information content (AvgIpc) is 2.04. The van der Waals surface area contributed by atoms with Crippen LogP contribution in [0.15, 0.2) is 18.2 Å². The summed E-state index contributed by atoms with van der Waals surface area (Å²) in [5.41, 5.74) is 2.84. The molecule has 0 unspecified atom stereocenters. The Hall–Kier alpha value is -1.26. The molecule has 0 saturated carbocycles. The molecule has 1 atom stereocenters. The van der Waals surface area contributed by atoms with Gasteiger partial charge in [-0.25, -0.2) is 0 Å². The zero-order valence-corrected chi connectivity index (χ0v) is 7.33. The van der Waals surface area contributed by atoms with E-state index in [1.807, 2.05) is 25.1 Å². The van der Waals surface area contributed by atoms with Crippen LogP contribution in [-0.2, 0) is 0 Å². The van der Waals surface area contributed by atoms with Crippen LogP contribution >= 0.6 is 0 Å². The number of terminal acetylenes is 1. The van der Waals surface area contributed by atoms with Crippen molar-refractivity contribution in [2.75, 3.05) is 0 Å². The average molecular weight is 160 g/mol. The summed E-state index contributed by atoms with van der Waals surface area (Å²) >= 11 is 0. The minimum atomic E-state index is -0.421. The fourth-order valence-electron chi connectivity index (χ4n) is 1.11. The Morgan fingerprint density at radius 3 is 2.58 bits per heavy atom. The summed E-state index contributed by atoms with van der Waals surface area (Å²) in [7, 11) is 0. The SMILES string of the molecule is C#Cc1ccc([C@H](C)O)cc1C. The van der Waals surface area contributed by atoms with Crippen LogP contribution in [0, 0.1) is 19.3 Å². The van der Waals surface area contributed by atoms with Crippen molar-refractivity contribution < 1.29 is 5.11 Å². The summed E-state index contributed by atoms with van der Waals surface area (Å²) in [6.07, 6.45) is 4.84. The largest absolute Gasteiger partial charge is 0.389 e. The van der Waals surface area contributed by atoms with Crippen LogP contribution in [0.2, 0.25) is 0 Å². The van der Waals surface area contributed by atoms with Gasteiger partial charge in [0.25, 0.3) is 0 Å². The Bertz CT molecular complexity index is 318. The van der Waals surface area contributed by atoms with E-state index >= 15 is 0 Å². The fourth-order valence-corrected chi connectivity index (χ4v) is 1.11. The van der Waals surface area contributed by atoms with Gasteiger partial charge in [0, 0.05) is 5.56 Å². The molecule has 12 heavy (non-hydrogen) atoms. The van der Waals surface area contributed by atoms with E-state index in [2.05, 4.69) is 5.92 Å². The molecular weight excluding hydrogens is 148 g/mol. The Balaban J connectivity index is 3.12. The predicted octanol–water partition coefficient (Wildman–Crippen LogP) is 2.03.